The molecular formula is C17H26N4O2. The second-order valence-electron chi connectivity index (χ2n) is 6.66. The van der Waals surface area contributed by atoms with E-state index in [1.807, 2.05) is 26.8 Å². The lowest BCUT2D eigenvalue weighted by Crippen LogP contribution is -2.34. The van der Waals surface area contributed by atoms with E-state index in [0.29, 0.717) is 19.0 Å². The third kappa shape index (κ3) is 5.81. The van der Waals surface area contributed by atoms with Crippen LogP contribution >= 0.6 is 0 Å². The van der Waals surface area contributed by atoms with Crippen LogP contribution in [-0.4, -0.2) is 30.7 Å². The molecule has 0 fully saturated rings. The Morgan fingerprint density at radius 3 is 2.78 bits per heavy atom. The van der Waals surface area contributed by atoms with Crippen molar-refractivity contribution in [2.75, 3.05) is 18.4 Å². The number of amides is 1. The minimum absolute atomic E-state index is 0.342. The summed E-state index contributed by atoms with van der Waals surface area (Å²) in [6.07, 6.45) is 3.06. The molecule has 1 aliphatic carbocycles. The molecule has 1 aromatic rings. The van der Waals surface area contributed by atoms with Gasteiger partial charge >= 0.3 is 6.09 Å². The summed E-state index contributed by atoms with van der Waals surface area (Å²) >= 11 is 0. The molecule has 6 nitrogen and oxygen atoms in total. The summed E-state index contributed by atoms with van der Waals surface area (Å²) in [5.41, 5.74) is 9.12. The van der Waals surface area contributed by atoms with Crippen molar-refractivity contribution in [3.63, 3.8) is 0 Å². The number of ether oxygens (including phenoxy) is 1. The van der Waals surface area contributed by atoms with Crippen molar-refractivity contribution in [3.05, 3.63) is 29.3 Å². The van der Waals surface area contributed by atoms with Crippen molar-refractivity contribution in [1.29, 1.82) is 0 Å². The molecule has 0 atom stereocenters. The van der Waals surface area contributed by atoms with E-state index < -0.39 is 11.7 Å². The number of nitrogens with zero attached hydrogens (tertiary/aromatic N) is 1. The van der Waals surface area contributed by atoms with E-state index in [2.05, 4.69) is 27.8 Å². The first-order valence-corrected chi connectivity index (χ1v) is 7.99. The molecule has 1 amide bonds. The van der Waals surface area contributed by atoms with Gasteiger partial charge in [0, 0.05) is 12.2 Å². The summed E-state index contributed by atoms with van der Waals surface area (Å²) in [7, 11) is 0. The molecule has 0 aromatic heterocycles. The lowest BCUT2D eigenvalue weighted by atomic mass is 10.1. The molecule has 4 N–H and O–H groups in total. The fraction of sp³-hybridized carbons (Fsp3) is 0.529. The van der Waals surface area contributed by atoms with Crippen molar-refractivity contribution < 1.29 is 9.53 Å². The maximum Gasteiger partial charge on any atom is 0.407 e. The normalized spacial score (nSPS) is 14.3. The molecular weight excluding hydrogens is 292 g/mol. The maximum absolute atomic E-state index is 11.5. The average molecular weight is 318 g/mol. The number of benzene rings is 1. The SMILES string of the molecule is CC(C)(C)OC(=O)NCCN=C(N)Nc1ccc2c(c1)CCC2. The number of alkyl carbamates (subject to hydrolysis) is 1. The topological polar surface area (TPSA) is 88.7 Å². The van der Waals surface area contributed by atoms with Crippen LogP contribution in [0.1, 0.15) is 38.3 Å². The quantitative estimate of drug-likeness (QED) is 0.452. The highest BCUT2D eigenvalue weighted by Gasteiger charge is 2.15. The minimum atomic E-state index is -0.499. The number of rotatable bonds is 4. The van der Waals surface area contributed by atoms with Crippen LogP contribution in [0.2, 0.25) is 0 Å². The van der Waals surface area contributed by atoms with Crippen LogP contribution in [0, 0.1) is 0 Å². The largest absolute Gasteiger partial charge is 0.444 e. The summed E-state index contributed by atoms with van der Waals surface area (Å²) < 4.78 is 5.14. The number of hydrogen-bond acceptors (Lipinski definition) is 3. The monoisotopic (exact) mass is 318 g/mol. The number of carbonyl (C=O) groups is 1. The lowest BCUT2D eigenvalue weighted by molar-refractivity contribution is 0.0529. The summed E-state index contributed by atoms with van der Waals surface area (Å²) in [5.74, 6) is 0.342. The fourth-order valence-corrected chi connectivity index (χ4v) is 2.49. The second-order valence-corrected chi connectivity index (χ2v) is 6.66. The molecule has 1 aliphatic rings. The Morgan fingerprint density at radius 1 is 1.30 bits per heavy atom. The van der Waals surface area contributed by atoms with Gasteiger partial charge in [-0.05, 0) is 63.3 Å². The van der Waals surface area contributed by atoms with Crippen molar-refractivity contribution in [1.82, 2.24) is 5.32 Å². The summed E-state index contributed by atoms with van der Waals surface area (Å²) in [6, 6.07) is 6.29. The van der Waals surface area contributed by atoms with Gasteiger partial charge in [-0.3, -0.25) is 4.99 Å². The average Bonchev–Trinajstić information content (AvgIpc) is 2.89. The van der Waals surface area contributed by atoms with E-state index in [1.54, 1.807) is 0 Å². The van der Waals surface area contributed by atoms with Gasteiger partial charge in [0.25, 0.3) is 0 Å². The Kier molecular flexibility index (Phi) is 5.47. The number of nitrogens with two attached hydrogens (primary N) is 1. The highest BCUT2D eigenvalue weighted by atomic mass is 16.6. The van der Waals surface area contributed by atoms with Crippen LogP contribution in [-0.2, 0) is 17.6 Å². The molecule has 0 saturated heterocycles. The van der Waals surface area contributed by atoms with Crippen LogP contribution in [0.5, 0.6) is 0 Å². The van der Waals surface area contributed by atoms with Crippen molar-refractivity contribution in [2.45, 2.75) is 45.6 Å². The maximum atomic E-state index is 11.5. The molecule has 0 bridgehead atoms. The van der Waals surface area contributed by atoms with Gasteiger partial charge in [-0.2, -0.15) is 0 Å². The van der Waals surface area contributed by atoms with Crippen LogP contribution in [0.3, 0.4) is 0 Å². The van der Waals surface area contributed by atoms with E-state index in [1.165, 1.54) is 17.5 Å². The third-order valence-electron chi connectivity index (χ3n) is 3.43. The third-order valence-corrected chi connectivity index (χ3v) is 3.43. The van der Waals surface area contributed by atoms with E-state index in [4.69, 9.17) is 10.5 Å². The fourth-order valence-electron chi connectivity index (χ4n) is 2.49. The Balaban J connectivity index is 1.74. The van der Waals surface area contributed by atoms with Gasteiger partial charge < -0.3 is 21.1 Å². The molecule has 0 spiro atoms. The first kappa shape index (κ1) is 17.1. The number of guanidine groups is 1. The molecule has 0 saturated carbocycles. The highest BCUT2D eigenvalue weighted by Crippen LogP contribution is 2.24. The number of anilines is 1. The zero-order chi connectivity index (χ0) is 16.9. The Hall–Kier alpha value is -2.24. The Labute approximate surface area is 137 Å². The molecule has 6 heteroatoms. The van der Waals surface area contributed by atoms with Crippen LogP contribution in [0.15, 0.2) is 23.2 Å². The zero-order valence-electron chi connectivity index (χ0n) is 14.1. The Morgan fingerprint density at radius 2 is 2.04 bits per heavy atom. The predicted octanol–water partition coefficient (Wildman–Crippen LogP) is 2.43. The van der Waals surface area contributed by atoms with Crippen LogP contribution in [0.4, 0.5) is 10.5 Å². The summed E-state index contributed by atoms with van der Waals surface area (Å²) in [4.78, 5) is 15.7. The van der Waals surface area contributed by atoms with E-state index in [-0.39, 0.29) is 0 Å². The van der Waals surface area contributed by atoms with Gasteiger partial charge in [0.15, 0.2) is 5.96 Å². The molecule has 0 unspecified atom stereocenters. The van der Waals surface area contributed by atoms with Crippen molar-refractivity contribution in [3.8, 4) is 0 Å². The first-order chi connectivity index (χ1) is 10.8. The molecule has 0 aliphatic heterocycles. The van der Waals surface area contributed by atoms with Gasteiger partial charge in [-0.25, -0.2) is 4.79 Å². The Bertz CT molecular complexity index is 591. The summed E-state index contributed by atoms with van der Waals surface area (Å²) in [6.45, 7) is 6.24. The zero-order valence-corrected chi connectivity index (χ0v) is 14.1. The molecule has 1 aromatic carbocycles. The van der Waals surface area contributed by atoms with Gasteiger partial charge in [0.2, 0.25) is 0 Å². The van der Waals surface area contributed by atoms with Crippen LogP contribution in [0.25, 0.3) is 0 Å². The number of carbonyl (C=O) groups excluding carboxylic acids is 1. The summed E-state index contributed by atoms with van der Waals surface area (Å²) in [5, 5.41) is 5.72. The number of fused-ring (bicyclic) bond motifs is 1. The predicted molar refractivity (Wildman–Crippen MR) is 92.8 cm³/mol. The second kappa shape index (κ2) is 7.35. The molecule has 23 heavy (non-hydrogen) atoms. The first-order valence-electron chi connectivity index (χ1n) is 7.99. The van der Waals surface area contributed by atoms with Crippen molar-refractivity contribution in [2.24, 2.45) is 10.7 Å². The van der Waals surface area contributed by atoms with E-state index in [9.17, 15) is 4.79 Å². The van der Waals surface area contributed by atoms with Gasteiger partial charge in [0.1, 0.15) is 5.60 Å². The van der Waals surface area contributed by atoms with Crippen molar-refractivity contribution >= 4 is 17.7 Å². The van der Waals surface area contributed by atoms with Gasteiger partial charge in [-0.15, -0.1) is 0 Å². The smallest absolute Gasteiger partial charge is 0.407 e. The highest BCUT2D eigenvalue weighted by molar-refractivity contribution is 5.92. The molecule has 2 rings (SSSR count). The number of aliphatic imine (C=N–C) groups is 1. The van der Waals surface area contributed by atoms with Gasteiger partial charge in [-0.1, -0.05) is 6.07 Å². The van der Waals surface area contributed by atoms with Gasteiger partial charge in [0.05, 0.1) is 6.54 Å². The lowest BCUT2D eigenvalue weighted by Gasteiger charge is -2.19. The molecule has 126 valence electrons. The van der Waals surface area contributed by atoms with Crippen LogP contribution < -0.4 is 16.4 Å². The minimum Gasteiger partial charge on any atom is -0.444 e. The molecule has 0 heterocycles. The number of nitrogens with one attached hydrogen (secondary N) is 2. The number of hydrogen-bond donors (Lipinski definition) is 3. The number of aryl methyl sites for hydroxylation is 2. The molecule has 0 radical (unpaired) electrons. The standard InChI is InChI=1S/C17H26N4O2/c1-17(2,3)23-16(22)20-10-9-19-15(18)21-14-8-7-12-5-4-6-13(12)11-14/h7-8,11H,4-6,9-10H2,1-3H3,(H,20,22)(H3,18,19,21). The van der Waals surface area contributed by atoms with E-state index >= 15 is 0 Å². The van der Waals surface area contributed by atoms with E-state index in [0.717, 1.165) is 18.5 Å².